The highest BCUT2D eigenvalue weighted by molar-refractivity contribution is 5.75. The summed E-state index contributed by atoms with van der Waals surface area (Å²) in [6, 6.07) is 7.43. The molecule has 2 N–H and O–H groups in total. The van der Waals surface area contributed by atoms with E-state index < -0.39 is 0 Å². The first kappa shape index (κ1) is 9.74. The first-order valence-electron chi connectivity index (χ1n) is 4.24. The molecular weight excluding hydrogens is 164 g/mol. The number of rotatable bonds is 4. The molecule has 0 spiro atoms. The highest BCUT2D eigenvalue weighted by Gasteiger charge is 1.98. The van der Waals surface area contributed by atoms with Crippen molar-refractivity contribution in [3.05, 3.63) is 29.8 Å². The van der Waals surface area contributed by atoms with Crippen LogP contribution in [0.25, 0.3) is 0 Å². The number of hydrogen-bond donors (Lipinski definition) is 1. The minimum atomic E-state index is 0.631. The van der Waals surface area contributed by atoms with E-state index in [1.165, 1.54) is 0 Å². The lowest BCUT2D eigenvalue weighted by Gasteiger charge is -2.17. The Morgan fingerprint density at radius 2 is 2.00 bits per heavy atom. The van der Waals surface area contributed by atoms with Crippen LogP contribution >= 0.6 is 0 Å². The highest BCUT2D eigenvalue weighted by Crippen LogP contribution is 2.11. The predicted molar refractivity (Wildman–Crippen MR) is 54.2 cm³/mol. The van der Waals surface area contributed by atoms with Crippen LogP contribution in [0, 0.1) is 0 Å². The van der Waals surface area contributed by atoms with Gasteiger partial charge in [-0.2, -0.15) is 0 Å². The SMILES string of the molecule is CN(CCN)c1ccc(C=O)cc1. The molecule has 0 atom stereocenters. The molecule has 0 aromatic heterocycles. The molecule has 0 amide bonds. The Kier molecular flexibility index (Phi) is 3.46. The molecule has 1 aromatic carbocycles. The summed E-state index contributed by atoms with van der Waals surface area (Å²) in [6.07, 6.45) is 0.840. The normalized spacial score (nSPS) is 9.69. The van der Waals surface area contributed by atoms with E-state index in [4.69, 9.17) is 5.73 Å². The maximum absolute atomic E-state index is 10.4. The van der Waals surface area contributed by atoms with Gasteiger partial charge in [0.2, 0.25) is 0 Å². The summed E-state index contributed by atoms with van der Waals surface area (Å²) < 4.78 is 0. The van der Waals surface area contributed by atoms with Crippen LogP contribution in [0.4, 0.5) is 5.69 Å². The zero-order valence-electron chi connectivity index (χ0n) is 7.73. The average molecular weight is 178 g/mol. The lowest BCUT2D eigenvalue weighted by molar-refractivity contribution is 0.112. The summed E-state index contributed by atoms with van der Waals surface area (Å²) >= 11 is 0. The zero-order valence-corrected chi connectivity index (χ0v) is 7.73. The first-order chi connectivity index (χ1) is 6.27. The van der Waals surface area contributed by atoms with Crippen LogP contribution in [0.5, 0.6) is 0 Å². The van der Waals surface area contributed by atoms with Crippen LogP contribution in [0.3, 0.4) is 0 Å². The lowest BCUT2D eigenvalue weighted by Crippen LogP contribution is -2.24. The third-order valence-electron chi connectivity index (χ3n) is 1.93. The van der Waals surface area contributed by atoms with Gasteiger partial charge in [0.15, 0.2) is 0 Å². The standard InChI is InChI=1S/C10H14N2O/c1-12(7-6-11)10-4-2-9(8-13)3-5-10/h2-5,8H,6-7,11H2,1H3. The van der Waals surface area contributed by atoms with Gasteiger partial charge < -0.3 is 10.6 Å². The molecule has 0 fully saturated rings. The third-order valence-corrected chi connectivity index (χ3v) is 1.93. The zero-order chi connectivity index (χ0) is 9.68. The molecule has 3 heteroatoms. The molecule has 70 valence electrons. The van der Waals surface area contributed by atoms with Crippen LogP contribution in [0.1, 0.15) is 10.4 Å². The molecule has 0 aliphatic rings. The van der Waals surface area contributed by atoms with E-state index >= 15 is 0 Å². The van der Waals surface area contributed by atoms with E-state index in [1.54, 1.807) is 12.1 Å². The van der Waals surface area contributed by atoms with Crippen LogP contribution < -0.4 is 10.6 Å². The van der Waals surface area contributed by atoms with E-state index in [0.29, 0.717) is 12.1 Å². The summed E-state index contributed by atoms with van der Waals surface area (Å²) in [5, 5.41) is 0. The smallest absolute Gasteiger partial charge is 0.150 e. The number of nitrogens with zero attached hydrogens (tertiary/aromatic N) is 1. The topological polar surface area (TPSA) is 46.3 Å². The molecule has 1 aromatic rings. The summed E-state index contributed by atoms with van der Waals surface area (Å²) in [5.74, 6) is 0. The lowest BCUT2D eigenvalue weighted by atomic mass is 10.2. The number of nitrogens with two attached hydrogens (primary N) is 1. The Bertz CT molecular complexity index is 269. The molecular formula is C10H14N2O. The van der Waals surface area contributed by atoms with Gasteiger partial charge in [-0.15, -0.1) is 0 Å². The minimum absolute atomic E-state index is 0.631. The van der Waals surface area contributed by atoms with Crippen LogP contribution in [-0.2, 0) is 0 Å². The van der Waals surface area contributed by atoms with Gasteiger partial charge >= 0.3 is 0 Å². The van der Waals surface area contributed by atoms with Crippen molar-refractivity contribution >= 4 is 12.0 Å². The summed E-state index contributed by atoms with van der Waals surface area (Å²) in [6.45, 7) is 1.45. The maximum atomic E-state index is 10.4. The Morgan fingerprint density at radius 3 is 2.46 bits per heavy atom. The Labute approximate surface area is 78.2 Å². The van der Waals surface area contributed by atoms with Gasteiger partial charge in [0.1, 0.15) is 6.29 Å². The summed E-state index contributed by atoms with van der Waals surface area (Å²) in [4.78, 5) is 12.4. The highest BCUT2D eigenvalue weighted by atomic mass is 16.1. The number of anilines is 1. The van der Waals surface area contributed by atoms with Crippen molar-refractivity contribution in [2.75, 3.05) is 25.0 Å². The van der Waals surface area contributed by atoms with Crippen molar-refractivity contribution in [3.63, 3.8) is 0 Å². The third kappa shape index (κ3) is 2.56. The van der Waals surface area contributed by atoms with Gasteiger partial charge in [-0.1, -0.05) is 0 Å². The fourth-order valence-corrected chi connectivity index (χ4v) is 1.13. The van der Waals surface area contributed by atoms with Crippen LogP contribution in [0.2, 0.25) is 0 Å². The number of hydrogen-bond acceptors (Lipinski definition) is 3. The fraction of sp³-hybridized carbons (Fsp3) is 0.300. The van der Waals surface area contributed by atoms with E-state index in [0.717, 1.165) is 18.5 Å². The van der Waals surface area contributed by atoms with Gasteiger partial charge in [0, 0.05) is 31.4 Å². The molecule has 0 heterocycles. The average Bonchev–Trinajstić information content (AvgIpc) is 2.18. The second-order valence-corrected chi connectivity index (χ2v) is 2.92. The fourth-order valence-electron chi connectivity index (χ4n) is 1.13. The predicted octanol–water partition coefficient (Wildman–Crippen LogP) is 0.894. The molecule has 0 saturated carbocycles. The van der Waals surface area contributed by atoms with Crippen molar-refractivity contribution in [2.24, 2.45) is 5.73 Å². The first-order valence-corrected chi connectivity index (χ1v) is 4.24. The van der Waals surface area contributed by atoms with Crippen LogP contribution in [0.15, 0.2) is 24.3 Å². The quantitative estimate of drug-likeness (QED) is 0.696. The van der Waals surface area contributed by atoms with Crippen LogP contribution in [-0.4, -0.2) is 26.4 Å². The second kappa shape index (κ2) is 4.62. The van der Waals surface area contributed by atoms with Crippen molar-refractivity contribution in [1.82, 2.24) is 0 Å². The molecule has 0 aliphatic carbocycles. The van der Waals surface area contributed by atoms with Gasteiger partial charge in [-0.3, -0.25) is 4.79 Å². The number of aldehydes is 1. The van der Waals surface area contributed by atoms with Crippen molar-refractivity contribution < 1.29 is 4.79 Å². The minimum Gasteiger partial charge on any atom is -0.373 e. The maximum Gasteiger partial charge on any atom is 0.150 e. The Morgan fingerprint density at radius 1 is 1.38 bits per heavy atom. The van der Waals surface area contributed by atoms with E-state index in [2.05, 4.69) is 4.90 Å². The van der Waals surface area contributed by atoms with E-state index in [1.807, 2.05) is 19.2 Å². The van der Waals surface area contributed by atoms with Crippen molar-refractivity contribution in [1.29, 1.82) is 0 Å². The van der Waals surface area contributed by atoms with Gasteiger partial charge in [-0.05, 0) is 24.3 Å². The number of likely N-dealkylation sites (N-methyl/N-ethyl adjacent to an activating group) is 1. The number of benzene rings is 1. The van der Waals surface area contributed by atoms with Gasteiger partial charge in [-0.25, -0.2) is 0 Å². The van der Waals surface area contributed by atoms with Gasteiger partial charge in [0.05, 0.1) is 0 Å². The molecule has 3 nitrogen and oxygen atoms in total. The van der Waals surface area contributed by atoms with Crippen molar-refractivity contribution in [3.8, 4) is 0 Å². The number of carbonyl (C=O) groups excluding carboxylic acids is 1. The summed E-state index contributed by atoms with van der Waals surface area (Å²) in [5.41, 5.74) is 7.20. The molecule has 0 saturated heterocycles. The largest absolute Gasteiger partial charge is 0.373 e. The van der Waals surface area contributed by atoms with Gasteiger partial charge in [0.25, 0.3) is 0 Å². The summed E-state index contributed by atoms with van der Waals surface area (Å²) in [7, 11) is 1.97. The Balaban J connectivity index is 2.73. The second-order valence-electron chi connectivity index (χ2n) is 2.92. The molecule has 0 aliphatic heterocycles. The van der Waals surface area contributed by atoms with E-state index in [9.17, 15) is 4.79 Å². The molecule has 13 heavy (non-hydrogen) atoms. The molecule has 0 radical (unpaired) electrons. The monoisotopic (exact) mass is 178 g/mol. The molecule has 1 rings (SSSR count). The van der Waals surface area contributed by atoms with E-state index in [-0.39, 0.29) is 0 Å². The molecule has 0 unspecified atom stereocenters. The van der Waals surface area contributed by atoms with Crippen molar-refractivity contribution in [2.45, 2.75) is 0 Å². The Hall–Kier alpha value is -1.35. The molecule has 0 bridgehead atoms. The number of carbonyl (C=O) groups is 1.